The molecule has 2 fully saturated rings. The lowest BCUT2D eigenvalue weighted by molar-refractivity contribution is -0.159. The second-order valence-corrected chi connectivity index (χ2v) is 11.2. The smallest absolute Gasteiger partial charge is 0.313 e. The molecule has 1 spiro atoms. The van der Waals surface area contributed by atoms with Crippen molar-refractivity contribution in [1.29, 1.82) is 0 Å². The molecule has 39 heavy (non-hydrogen) atoms. The van der Waals surface area contributed by atoms with E-state index in [0.29, 0.717) is 42.9 Å². The van der Waals surface area contributed by atoms with Gasteiger partial charge in [-0.2, -0.15) is 0 Å². The van der Waals surface area contributed by atoms with E-state index in [1.165, 1.54) is 0 Å². The Morgan fingerprint density at radius 1 is 1.03 bits per heavy atom. The van der Waals surface area contributed by atoms with Gasteiger partial charge in [0, 0.05) is 19.7 Å². The van der Waals surface area contributed by atoms with Crippen LogP contribution in [0.1, 0.15) is 51.9 Å². The summed E-state index contributed by atoms with van der Waals surface area (Å²) in [5.74, 6) is -2.74. The number of hydrogen-bond donors (Lipinski definition) is 1. The van der Waals surface area contributed by atoms with Gasteiger partial charge in [0.25, 0.3) is 5.91 Å². The third-order valence-electron chi connectivity index (χ3n) is 8.58. The van der Waals surface area contributed by atoms with Crippen LogP contribution in [0, 0.1) is 11.8 Å². The molecule has 4 aliphatic heterocycles. The van der Waals surface area contributed by atoms with Crippen LogP contribution in [-0.4, -0.2) is 71.3 Å². The lowest BCUT2D eigenvalue weighted by atomic mass is 9.73. The van der Waals surface area contributed by atoms with Crippen molar-refractivity contribution < 1.29 is 29.0 Å². The minimum Gasteiger partial charge on any atom is -0.465 e. The molecule has 0 saturated carbocycles. The van der Waals surface area contributed by atoms with Gasteiger partial charge >= 0.3 is 5.97 Å². The minimum absolute atomic E-state index is 0.122. The minimum atomic E-state index is -1.32. The number of carbonyl (C=O) groups excluding carboxylic acids is 3. The van der Waals surface area contributed by atoms with E-state index in [9.17, 15) is 14.4 Å². The number of aliphatic hydroxyl groups is 1. The van der Waals surface area contributed by atoms with Crippen LogP contribution in [0.4, 0.5) is 5.69 Å². The number of para-hydroxylation sites is 1. The summed E-state index contributed by atoms with van der Waals surface area (Å²) >= 11 is 6.52. The van der Waals surface area contributed by atoms with Gasteiger partial charge in [0.05, 0.1) is 23.2 Å². The Balaban J connectivity index is 1.60. The summed E-state index contributed by atoms with van der Waals surface area (Å²) in [6, 6.07) is 6.20. The molecule has 1 unspecified atom stereocenters. The number of hydrogen-bond acceptors (Lipinski definition) is 6. The summed E-state index contributed by atoms with van der Waals surface area (Å²) in [7, 11) is 0. The second kappa shape index (κ2) is 11.4. The molecular formula is C30H37ClN2O6. The summed E-state index contributed by atoms with van der Waals surface area (Å²) in [5, 5.41) is 9.59. The Bertz CT molecular complexity index is 1170. The lowest BCUT2D eigenvalue weighted by Gasteiger charge is -2.38. The number of esters is 1. The topological polar surface area (TPSA) is 96.4 Å². The fourth-order valence-electron chi connectivity index (χ4n) is 6.75. The molecule has 9 heteroatoms. The third kappa shape index (κ3) is 4.70. The van der Waals surface area contributed by atoms with Crippen LogP contribution in [0.5, 0.6) is 0 Å². The molecule has 8 nitrogen and oxygen atoms in total. The van der Waals surface area contributed by atoms with Crippen molar-refractivity contribution in [2.24, 2.45) is 11.8 Å². The zero-order valence-electron chi connectivity index (χ0n) is 22.4. The highest BCUT2D eigenvalue weighted by Gasteiger charge is 2.75. The fourth-order valence-corrected chi connectivity index (χ4v) is 6.99. The number of carbonyl (C=O) groups is 3. The van der Waals surface area contributed by atoms with E-state index < -0.39 is 35.0 Å². The van der Waals surface area contributed by atoms with Crippen molar-refractivity contribution in [2.45, 2.75) is 69.1 Å². The van der Waals surface area contributed by atoms with Gasteiger partial charge in [0.15, 0.2) is 0 Å². The van der Waals surface area contributed by atoms with Gasteiger partial charge in [0.2, 0.25) is 5.91 Å². The number of fused-ring (bicyclic) bond motifs is 2. The molecule has 5 atom stereocenters. The maximum absolute atomic E-state index is 14.5. The Labute approximate surface area is 234 Å². The molecule has 0 aliphatic carbocycles. The van der Waals surface area contributed by atoms with Gasteiger partial charge in [-0.1, -0.05) is 67.8 Å². The van der Waals surface area contributed by atoms with Crippen molar-refractivity contribution in [2.75, 3.05) is 31.2 Å². The van der Waals surface area contributed by atoms with Crippen LogP contribution in [0.15, 0.2) is 48.6 Å². The molecule has 4 aliphatic rings. The Morgan fingerprint density at radius 2 is 1.82 bits per heavy atom. The van der Waals surface area contributed by atoms with Gasteiger partial charge < -0.3 is 24.4 Å². The Hall–Kier alpha value is -2.68. The largest absolute Gasteiger partial charge is 0.465 e. The number of aliphatic hydroxyl groups excluding tert-OH is 1. The number of benzene rings is 1. The van der Waals surface area contributed by atoms with Crippen LogP contribution in [0.25, 0.3) is 0 Å². The first-order chi connectivity index (χ1) is 18.9. The number of amides is 2. The first-order valence-electron chi connectivity index (χ1n) is 14.1. The van der Waals surface area contributed by atoms with E-state index in [0.717, 1.165) is 19.3 Å². The standard InChI is InChI=1S/C30H37ClN2O6/c1-2-29-15-8-5-11-20-38-28(37)24(29)23-26(35)33(17-9-3-4-10-19-34)25-27(36)32(18-12-16-30(23,25)39-29)22-14-7-6-13-21(22)31/h6-8,12-16,23-25,34H,2-5,9-11,17-20H2,1H3/b15-8-/t23-,24+,25?,29-,30-/m0/s1. The molecule has 2 amide bonds. The molecule has 4 heterocycles. The summed E-state index contributed by atoms with van der Waals surface area (Å²) in [5.41, 5.74) is -1.81. The van der Waals surface area contributed by atoms with Gasteiger partial charge in [-0.25, -0.2) is 0 Å². The van der Waals surface area contributed by atoms with Crippen molar-refractivity contribution in [3.8, 4) is 0 Å². The van der Waals surface area contributed by atoms with Crippen molar-refractivity contribution in [3.05, 3.63) is 53.6 Å². The van der Waals surface area contributed by atoms with Gasteiger partial charge in [-0.3, -0.25) is 14.4 Å². The van der Waals surface area contributed by atoms with Crippen molar-refractivity contribution in [3.63, 3.8) is 0 Å². The molecule has 0 radical (unpaired) electrons. The highest BCUT2D eigenvalue weighted by atomic mass is 35.5. The molecule has 1 aromatic rings. The maximum atomic E-state index is 14.5. The zero-order valence-corrected chi connectivity index (χ0v) is 23.1. The van der Waals surface area contributed by atoms with E-state index in [4.69, 9.17) is 26.2 Å². The van der Waals surface area contributed by atoms with Crippen LogP contribution >= 0.6 is 11.6 Å². The van der Waals surface area contributed by atoms with Gasteiger partial charge in [-0.05, 0) is 44.2 Å². The number of anilines is 1. The number of rotatable bonds is 8. The van der Waals surface area contributed by atoms with Gasteiger partial charge in [0.1, 0.15) is 23.2 Å². The van der Waals surface area contributed by atoms with E-state index in [1.807, 2.05) is 43.4 Å². The fraction of sp³-hybridized carbons (Fsp3) is 0.567. The Morgan fingerprint density at radius 3 is 2.59 bits per heavy atom. The molecule has 1 N–H and O–H groups in total. The Kier molecular flexibility index (Phi) is 8.17. The van der Waals surface area contributed by atoms with E-state index >= 15 is 0 Å². The van der Waals surface area contributed by atoms with Crippen molar-refractivity contribution >= 4 is 35.1 Å². The number of ether oxygens (including phenoxy) is 2. The number of likely N-dealkylation sites (tertiary alicyclic amines) is 1. The maximum Gasteiger partial charge on any atom is 0.313 e. The van der Waals surface area contributed by atoms with E-state index in [-0.39, 0.29) is 31.6 Å². The second-order valence-electron chi connectivity index (χ2n) is 10.8. The highest BCUT2D eigenvalue weighted by Crippen LogP contribution is 2.58. The summed E-state index contributed by atoms with van der Waals surface area (Å²) in [6.07, 6.45) is 12.5. The average Bonchev–Trinajstić information content (AvgIpc) is 3.30. The van der Waals surface area contributed by atoms with Gasteiger partial charge in [-0.15, -0.1) is 0 Å². The molecule has 0 bridgehead atoms. The summed E-state index contributed by atoms with van der Waals surface area (Å²) < 4.78 is 12.6. The van der Waals surface area contributed by atoms with Crippen LogP contribution < -0.4 is 4.90 Å². The molecule has 5 rings (SSSR count). The zero-order chi connectivity index (χ0) is 27.6. The predicted octanol–water partition coefficient (Wildman–Crippen LogP) is 4.05. The quantitative estimate of drug-likeness (QED) is 0.295. The van der Waals surface area contributed by atoms with E-state index in [1.54, 1.807) is 21.9 Å². The number of unbranched alkanes of at least 4 members (excludes halogenated alkanes) is 3. The van der Waals surface area contributed by atoms with Crippen LogP contribution in [0.3, 0.4) is 0 Å². The summed E-state index contributed by atoms with van der Waals surface area (Å²) in [4.78, 5) is 45.6. The van der Waals surface area contributed by atoms with Crippen LogP contribution in [-0.2, 0) is 23.9 Å². The number of halogens is 1. The molecule has 0 aromatic heterocycles. The summed E-state index contributed by atoms with van der Waals surface area (Å²) in [6.45, 7) is 2.96. The molecule has 1 aromatic carbocycles. The normalized spacial score (nSPS) is 33.0. The third-order valence-corrected chi connectivity index (χ3v) is 8.90. The number of cyclic esters (lactones) is 1. The van der Waals surface area contributed by atoms with Crippen LogP contribution in [0.2, 0.25) is 5.02 Å². The SMILES string of the molecule is CC[C@]12/C=C\CCCOC(=O)[C@H]1[C@H]1C(=O)N(CCCCCCO)C3C(=O)N(c4ccccc4Cl)CC=C[C@@]31O2. The molecule has 210 valence electrons. The van der Waals surface area contributed by atoms with E-state index in [2.05, 4.69) is 0 Å². The number of nitrogens with zero attached hydrogens (tertiary/aromatic N) is 2. The molecular weight excluding hydrogens is 520 g/mol. The predicted molar refractivity (Wildman–Crippen MR) is 147 cm³/mol. The number of allylic oxidation sites excluding steroid dienone is 1. The first-order valence-corrected chi connectivity index (χ1v) is 14.5. The van der Waals surface area contributed by atoms with Crippen molar-refractivity contribution in [1.82, 2.24) is 4.90 Å². The average molecular weight is 557 g/mol. The highest BCUT2D eigenvalue weighted by molar-refractivity contribution is 6.34. The molecule has 2 saturated heterocycles. The first kappa shape index (κ1) is 27.9. The monoisotopic (exact) mass is 556 g/mol. The lowest BCUT2D eigenvalue weighted by Crippen LogP contribution is -2.56.